The minimum atomic E-state index is -4.77. The number of nitrogens with zero attached hydrogens (tertiary/aromatic N) is 6. The van der Waals surface area contributed by atoms with Crippen LogP contribution in [0.4, 0.5) is 28.7 Å². The molecule has 3 aromatic rings. The topological polar surface area (TPSA) is 205 Å². The molecular weight excluding hydrogens is 620 g/mol. The Kier molecular flexibility index (Phi) is 11.9. The van der Waals surface area contributed by atoms with E-state index in [1.54, 1.807) is 37.3 Å². The van der Waals surface area contributed by atoms with Crippen LogP contribution in [0.1, 0.15) is 12.5 Å². The van der Waals surface area contributed by atoms with Gasteiger partial charge in [-0.2, -0.15) is 29.3 Å². The third-order valence-electron chi connectivity index (χ3n) is 4.45. The summed E-state index contributed by atoms with van der Waals surface area (Å²) in [4.78, 5) is 25.9. The molecule has 0 radical (unpaired) electrons. The summed E-state index contributed by atoms with van der Waals surface area (Å²) < 4.78 is 38.5. The summed E-state index contributed by atoms with van der Waals surface area (Å²) in [5.74, 6) is 6.50. The van der Waals surface area contributed by atoms with Gasteiger partial charge in [0.25, 0.3) is 0 Å². The van der Waals surface area contributed by atoms with E-state index in [2.05, 4.69) is 54.8 Å². The highest BCUT2D eigenvalue weighted by atomic mass is 35.5. The zero-order valence-electron chi connectivity index (χ0n) is 21.4. The molecule has 0 spiro atoms. The van der Waals surface area contributed by atoms with Crippen LogP contribution < -0.4 is 16.0 Å². The van der Waals surface area contributed by atoms with Crippen molar-refractivity contribution in [2.24, 2.45) is 21.1 Å². The Morgan fingerprint density at radius 3 is 2.66 bits per heavy atom. The van der Waals surface area contributed by atoms with Gasteiger partial charge in [0.05, 0.1) is 12.8 Å². The van der Waals surface area contributed by atoms with E-state index in [0.717, 1.165) is 29.5 Å². The molecule has 41 heavy (non-hydrogen) atoms. The van der Waals surface area contributed by atoms with Crippen LogP contribution in [-0.4, -0.2) is 47.2 Å². The summed E-state index contributed by atoms with van der Waals surface area (Å²) in [6, 6.07) is 8.40. The Balaban J connectivity index is 1.84. The number of nitrogens with one attached hydrogen (secondary N) is 1. The number of ether oxygens (including phenoxy) is 1. The number of rotatable bonds is 12. The molecule has 19 heteroatoms. The lowest BCUT2D eigenvalue weighted by atomic mass is 10.2. The number of anilines is 2. The maximum Gasteiger partial charge on any atom is 0.433 e. The highest BCUT2D eigenvalue weighted by Crippen LogP contribution is 2.38. The van der Waals surface area contributed by atoms with Crippen molar-refractivity contribution in [1.29, 1.82) is 0 Å². The molecule has 216 valence electrons. The number of hydrogen-bond donors (Lipinski definition) is 3. The van der Waals surface area contributed by atoms with Crippen molar-refractivity contribution in [3.05, 3.63) is 41.2 Å². The summed E-state index contributed by atoms with van der Waals surface area (Å²) in [5, 5.41) is 14.7. The normalized spacial score (nSPS) is 11.4. The molecule has 2 aromatic carbocycles. The molecule has 0 bridgehead atoms. The molecular formula is C22H21ClN8O7S3. The van der Waals surface area contributed by atoms with Crippen molar-refractivity contribution >= 4 is 80.6 Å². The maximum atomic E-state index is 10.5. The van der Waals surface area contributed by atoms with Crippen LogP contribution in [0.25, 0.3) is 0 Å². The fourth-order valence-corrected chi connectivity index (χ4v) is 4.32. The first-order valence-corrected chi connectivity index (χ1v) is 14.6. The Morgan fingerprint density at radius 1 is 1.17 bits per heavy atom. The molecule has 0 aliphatic rings. The third-order valence-corrected chi connectivity index (χ3v) is 6.44. The van der Waals surface area contributed by atoms with Gasteiger partial charge in [-0.3, -0.25) is 9.44 Å². The van der Waals surface area contributed by atoms with Crippen molar-refractivity contribution < 1.29 is 31.8 Å². The number of nitrogens with two attached hydrogens (primary N) is 1. The van der Waals surface area contributed by atoms with Gasteiger partial charge in [0.1, 0.15) is 17.1 Å². The molecule has 0 atom stereocenters. The van der Waals surface area contributed by atoms with Gasteiger partial charge in [0, 0.05) is 15.8 Å². The fraction of sp³-hybridized carbons (Fsp3) is 0.182. The number of aliphatic imine (C=N–C) groups is 1. The number of hydrogen-bond acceptors (Lipinski definition) is 16. The predicted octanol–water partition coefficient (Wildman–Crippen LogP) is 5.42. The van der Waals surface area contributed by atoms with Crippen LogP contribution >= 0.6 is 35.1 Å². The molecule has 1 heterocycles. The average molecular weight is 641 g/mol. The number of azo groups is 1. The summed E-state index contributed by atoms with van der Waals surface area (Å²) in [7, 11) is -3.31. The molecule has 4 N–H and O–H groups in total. The Morgan fingerprint density at radius 2 is 1.95 bits per heavy atom. The summed E-state index contributed by atoms with van der Waals surface area (Å²) >= 11 is 8.44. The monoisotopic (exact) mass is 640 g/mol. The molecule has 0 saturated heterocycles. The van der Waals surface area contributed by atoms with E-state index in [1.807, 2.05) is 13.0 Å². The predicted molar refractivity (Wildman–Crippen MR) is 154 cm³/mol. The van der Waals surface area contributed by atoms with Crippen LogP contribution in [0.2, 0.25) is 5.28 Å². The number of aromatic nitrogens is 3. The number of benzene rings is 2. The van der Waals surface area contributed by atoms with Crippen molar-refractivity contribution in [2.75, 3.05) is 18.2 Å². The summed E-state index contributed by atoms with van der Waals surface area (Å²) in [5.41, 5.74) is 2.46. The van der Waals surface area contributed by atoms with Crippen molar-refractivity contribution in [3.63, 3.8) is 0 Å². The van der Waals surface area contributed by atoms with E-state index in [-0.39, 0.29) is 11.2 Å². The van der Waals surface area contributed by atoms with Crippen molar-refractivity contribution in [3.8, 4) is 17.1 Å². The van der Waals surface area contributed by atoms with Gasteiger partial charge in [-0.15, -0.1) is 10.2 Å². The minimum absolute atomic E-state index is 0.0545. The van der Waals surface area contributed by atoms with Crippen LogP contribution in [0.5, 0.6) is 5.75 Å². The van der Waals surface area contributed by atoms with Crippen molar-refractivity contribution in [1.82, 2.24) is 15.0 Å². The van der Waals surface area contributed by atoms with E-state index in [0.29, 0.717) is 38.6 Å². The second-order valence-electron chi connectivity index (χ2n) is 7.22. The van der Waals surface area contributed by atoms with Gasteiger partial charge >= 0.3 is 10.4 Å². The first kappa shape index (κ1) is 31.8. The van der Waals surface area contributed by atoms with Crippen molar-refractivity contribution in [2.45, 2.75) is 23.9 Å². The summed E-state index contributed by atoms with van der Waals surface area (Å²) in [6.07, 6.45) is 3.02. The molecule has 0 fully saturated rings. The number of thioether (sulfide) groups is 2. The van der Waals surface area contributed by atoms with Gasteiger partial charge < -0.3 is 14.9 Å². The van der Waals surface area contributed by atoms with Crippen LogP contribution in [0.3, 0.4) is 0 Å². The number of methoxy groups -OCH3 is 1. The summed E-state index contributed by atoms with van der Waals surface area (Å²) in [6.45, 7) is 3.77. The zero-order valence-corrected chi connectivity index (χ0v) is 24.6. The average Bonchev–Trinajstić information content (AvgIpc) is 2.91. The van der Waals surface area contributed by atoms with Gasteiger partial charge in [-0.1, -0.05) is 18.7 Å². The molecule has 0 amide bonds. The van der Waals surface area contributed by atoms with Crippen LogP contribution in [0, 0.1) is 18.3 Å². The first-order valence-electron chi connectivity index (χ1n) is 11.0. The maximum absolute atomic E-state index is 10.5. The fourth-order valence-electron chi connectivity index (χ4n) is 2.85. The minimum Gasteiger partial charge on any atom is -0.494 e. The van der Waals surface area contributed by atoms with Crippen LogP contribution in [-0.2, 0) is 24.5 Å². The molecule has 3 rings (SSSR count). The Labute approximate surface area is 248 Å². The van der Waals surface area contributed by atoms with E-state index in [9.17, 15) is 8.42 Å². The highest BCUT2D eigenvalue weighted by Gasteiger charge is 2.11. The number of aryl methyl sites for hydroxylation is 1. The highest BCUT2D eigenvalue weighted by molar-refractivity contribution is 8.04. The largest absolute Gasteiger partial charge is 0.494 e. The second kappa shape index (κ2) is 15.3. The lowest BCUT2D eigenvalue weighted by Gasteiger charge is -2.09. The van der Waals surface area contributed by atoms with Gasteiger partial charge in [-0.25, -0.2) is 4.99 Å². The van der Waals surface area contributed by atoms with Gasteiger partial charge in [-0.05, 0) is 76.3 Å². The molecule has 0 aliphatic heterocycles. The number of halogens is 1. The lowest BCUT2D eigenvalue weighted by Crippen LogP contribution is -2.01. The molecule has 1 aromatic heterocycles. The van der Waals surface area contributed by atoms with E-state index < -0.39 is 10.4 Å². The third kappa shape index (κ3) is 10.3. The SMILES string of the molecule is CCSc1nc(Cl)nc(Nc2ccc(N=Nc3cc(C)c(SC#COOS(=O)(=O)O)cc3OC)c(/N=C\ON)c2)n1. The zero-order chi connectivity index (χ0) is 29.8. The van der Waals surface area contributed by atoms with E-state index in [1.165, 1.54) is 18.9 Å². The van der Waals surface area contributed by atoms with Gasteiger partial charge in [0.2, 0.25) is 17.6 Å². The smallest absolute Gasteiger partial charge is 0.433 e. The van der Waals surface area contributed by atoms with Gasteiger partial charge in [0.15, 0.2) is 11.3 Å². The molecule has 15 nitrogen and oxygen atoms in total. The molecule has 0 unspecified atom stereocenters. The first-order chi connectivity index (χ1) is 19.6. The van der Waals surface area contributed by atoms with E-state index in [4.69, 9.17) is 26.8 Å². The van der Waals surface area contributed by atoms with Crippen LogP contribution in [0.15, 0.2) is 55.6 Å². The Bertz CT molecular complexity index is 1610. The second-order valence-corrected chi connectivity index (χ2v) is 10.6. The standard InChI is InChI=1S/C22H21ClN8O7S3/c1-4-39-22-28-20(23)27-21(29-22)26-14-5-6-15(16(10-14)25-12-36-24)30-31-17-9-13(2)19(11-18(17)35-3)40-8-7-37-38-41(32,33)34/h5-6,9-12H,4,24H2,1-3H3,(H,32,33,34)(H,26,27,28,29)/b25-12-,31-30?. The van der Waals surface area contributed by atoms with E-state index >= 15 is 0 Å². The Hall–Kier alpha value is -3.70. The molecule has 0 aliphatic carbocycles. The quantitative estimate of drug-likeness (QED) is 0.0330. The molecule has 0 saturated carbocycles. The lowest BCUT2D eigenvalue weighted by molar-refractivity contribution is -0.135.